The molecule has 0 bridgehead atoms. The van der Waals surface area contributed by atoms with Crippen LogP contribution in [0, 0.1) is 5.92 Å². The zero-order valence-corrected chi connectivity index (χ0v) is 34.2. The third kappa shape index (κ3) is 17.0. The lowest BCUT2D eigenvalue weighted by molar-refractivity contribution is 0.454. The summed E-state index contributed by atoms with van der Waals surface area (Å²) in [7, 11) is 0. The Balaban J connectivity index is 2.44. The molecule has 0 amide bonds. The smallest absolute Gasteiger partial charge is 0.121 e. The molecule has 286 valence electrons. The van der Waals surface area contributed by atoms with Gasteiger partial charge in [0, 0.05) is 5.92 Å². The van der Waals surface area contributed by atoms with Gasteiger partial charge in [-0.3, -0.25) is 0 Å². The van der Waals surface area contributed by atoms with E-state index in [0.29, 0.717) is 17.4 Å². The maximum Gasteiger partial charge on any atom is 0.121 e. The number of phenols is 2. The van der Waals surface area contributed by atoms with Gasteiger partial charge < -0.3 is 10.2 Å². The molecule has 2 rings (SSSR count). The van der Waals surface area contributed by atoms with Crippen LogP contribution in [-0.4, -0.2) is 10.2 Å². The second-order valence-electron chi connectivity index (χ2n) is 16.2. The van der Waals surface area contributed by atoms with Gasteiger partial charge in [0.05, 0.1) is 0 Å². The molecule has 0 atom stereocenters. The van der Waals surface area contributed by atoms with E-state index in [1.807, 2.05) is 0 Å². The summed E-state index contributed by atoms with van der Waals surface area (Å²) in [5, 5.41) is 23.3. The van der Waals surface area contributed by atoms with E-state index in [0.717, 1.165) is 73.6 Å². The SMILES string of the molecule is CCCCCCCCc1cc(C(c2cc(CCCCCCCC)c(O)c(CCCCCCCC)c2)C(C)C)cc(CCCCCCCC)c1O. The first-order valence-corrected chi connectivity index (χ1v) is 22.1. The minimum atomic E-state index is 0.245. The number of phenolic OH excluding ortho intramolecular Hbond substituents is 2. The summed E-state index contributed by atoms with van der Waals surface area (Å²) in [6.45, 7) is 13.9. The molecule has 2 heteroatoms. The molecular weight excluding hydrogens is 609 g/mol. The molecule has 0 saturated heterocycles. The van der Waals surface area contributed by atoms with Crippen LogP contribution < -0.4 is 0 Å². The predicted octanol–water partition coefficient (Wildman–Crippen LogP) is 15.5. The molecule has 0 saturated carbocycles. The topological polar surface area (TPSA) is 40.5 Å². The lowest BCUT2D eigenvalue weighted by Crippen LogP contribution is -2.12. The molecule has 0 aliphatic heterocycles. The highest BCUT2D eigenvalue weighted by molar-refractivity contribution is 5.51. The van der Waals surface area contributed by atoms with Gasteiger partial charge in [-0.2, -0.15) is 0 Å². The fraction of sp³-hybridized carbons (Fsp3) is 0.750. The Labute approximate surface area is 311 Å². The first-order chi connectivity index (χ1) is 24.4. The molecule has 2 N–H and O–H groups in total. The summed E-state index contributed by atoms with van der Waals surface area (Å²) >= 11 is 0. The number of rotatable bonds is 31. The van der Waals surface area contributed by atoms with E-state index in [1.54, 1.807) is 0 Å². The van der Waals surface area contributed by atoms with Gasteiger partial charge in [-0.05, 0) is 90.7 Å². The molecule has 0 aliphatic carbocycles. The maximum absolute atomic E-state index is 11.6. The van der Waals surface area contributed by atoms with Gasteiger partial charge in [-0.1, -0.05) is 194 Å². The van der Waals surface area contributed by atoms with Gasteiger partial charge in [0.15, 0.2) is 0 Å². The highest BCUT2D eigenvalue weighted by Gasteiger charge is 2.24. The number of unbranched alkanes of at least 4 members (excludes halogenated alkanes) is 20. The third-order valence-corrected chi connectivity index (χ3v) is 11.2. The number of aromatic hydroxyl groups is 2. The fourth-order valence-electron chi connectivity index (χ4n) is 8.04. The van der Waals surface area contributed by atoms with E-state index in [1.165, 1.54) is 140 Å². The molecule has 2 nitrogen and oxygen atoms in total. The lowest BCUT2D eigenvalue weighted by atomic mass is 9.79. The minimum absolute atomic E-state index is 0.245. The van der Waals surface area contributed by atoms with Gasteiger partial charge in [0.2, 0.25) is 0 Å². The lowest BCUT2D eigenvalue weighted by Gasteiger charge is -2.26. The molecule has 2 aromatic rings. The highest BCUT2D eigenvalue weighted by Crippen LogP contribution is 2.40. The first-order valence-electron chi connectivity index (χ1n) is 22.1. The maximum atomic E-state index is 11.6. The van der Waals surface area contributed by atoms with E-state index in [-0.39, 0.29) is 5.92 Å². The Bertz CT molecular complexity index is 971. The summed E-state index contributed by atoms with van der Waals surface area (Å²) in [5.41, 5.74) is 7.35. The van der Waals surface area contributed by atoms with Crippen LogP contribution in [0.1, 0.15) is 235 Å². The molecule has 0 radical (unpaired) electrons. The summed E-state index contributed by atoms with van der Waals surface area (Å²) in [4.78, 5) is 0. The van der Waals surface area contributed by atoms with Crippen LogP contribution in [0.2, 0.25) is 0 Å². The van der Waals surface area contributed by atoms with Gasteiger partial charge in [0.25, 0.3) is 0 Å². The first kappa shape index (κ1) is 44.2. The van der Waals surface area contributed by atoms with Crippen molar-refractivity contribution in [3.8, 4) is 11.5 Å². The Hall–Kier alpha value is -1.96. The Kier molecular flexibility index (Phi) is 24.5. The van der Waals surface area contributed by atoms with Gasteiger partial charge in [-0.15, -0.1) is 0 Å². The number of benzene rings is 2. The monoisotopic (exact) mass is 691 g/mol. The van der Waals surface area contributed by atoms with E-state index in [4.69, 9.17) is 0 Å². The minimum Gasteiger partial charge on any atom is -0.507 e. The Morgan fingerprint density at radius 1 is 0.360 bits per heavy atom. The molecule has 0 aliphatic rings. The summed E-state index contributed by atoms with van der Waals surface area (Å²) < 4.78 is 0. The van der Waals surface area contributed by atoms with Gasteiger partial charge in [-0.25, -0.2) is 0 Å². The molecule has 2 aromatic carbocycles. The standard InChI is InChI=1S/C48H82O2/c1-7-11-15-19-23-27-31-40-35-44(36-41(47(40)49)32-28-24-20-16-12-8-2)46(39(5)6)45-37-42(33-29-25-21-17-13-9-3)48(50)43(38-45)34-30-26-22-18-14-10-4/h35-39,46,49-50H,7-34H2,1-6H3. The third-order valence-electron chi connectivity index (χ3n) is 11.2. The molecule has 50 heavy (non-hydrogen) atoms. The van der Waals surface area contributed by atoms with Crippen molar-refractivity contribution in [1.29, 1.82) is 0 Å². The van der Waals surface area contributed by atoms with E-state index >= 15 is 0 Å². The molecule has 0 unspecified atom stereocenters. The van der Waals surface area contributed by atoms with Crippen LogP contribution in [0.5, 0.6) is 11.5 Å². The molecule has 0 fully saturated rings. The van der Waals surface area contributed by atoms with Crippen molar-refractivity contribution < 1.29 is 10.2 Å². The van der Waals surface area contributed by atoms with Crippen LogP contribution in [0.3, 0.4) is 0 Å². The summed E-state index contributed by atoms with van der Waals surface area (Å²) in [6, 6.07) is 9.46. The summed E-state index contributed by atoms with van der Waals surface area (Å²) in [5.74, 6) is 1.79. The predicted molar refractivity (Wildman–Crippen MR) is 221 cm³/mol. The van der Waals surface area contributed by atoms with Crippen LogP contribution in [0.25, 0.3) is 0 Å². The van der Waals surface area contributed by atoms with Crippen molar-refractivity contribution in [2.45, 2.75) is 227 Å². The van der Waals surface area contributed by atoms with Crippen molar-refractivity contribution in [2.75, 3.05) is 0 Å². The van der Waals surface area contributed by atoms with E-state index in [2.05, 4.69) is 65.8 Å². The number of hydrogen-bond donors (Lipinski definition) is 2. The van der Waals surface area contributed by atoms with Crippen molar-refractivity contribution in [2.24, 2.45) is 5.92 Å². The van der Waals surface area contributed by atoms with Crippen molar-refractivity contribution in [3.05, 3.63) is 57.6 Å². The van der Waals surface area contributed by atoms with E-state index in [9.17, 15) is 10.2 Å². The van der Waals surface area contributed by atoms with Crippen LogP contribution in [-0.2, 0) is 25.7 Å². The normalized spacial score (nSPS) is 11.8. The Morgan fingerprint density at radius 3 is 0.800 bits per heavy atom. The van der Waals surface area contributed by atoms with Crippen LogP contribution >= 0.6 is 0 Å². The van der Waals surface area contributed by atoms with Crippen LogP contribution in [0.4, 0.5) is 0 Å². The van der Waals surface area contributed by atoms with E-state index < -0.39 is 0 Å². The van der Waals surface area contributed by atoms with Crippen LogP contribution in [0.15, 0.2) is 24.3 Å². The molecular formula is C48H82O2. The van der Waals surface area contributed by atoms with Crippen molar-refractivity contribution in [3.63, 3.8) is 0 Å². The quantitative estimate of drug-likeness (QED) is 0.0773. The van der Waals surface area contributed by atoms with Gasteiger partial charge >= 0.3 is 0 Å². The fourth-order valence-corrected chi connectivity index (χ4v) is 8.04. The van der Waals surface area contributed by atoms with Gasteiger partial charge in [0.1, 0.15) is 11.5 Å². The summed E-state index contributed by atoms with van der Waals surface area (Å²) in [6.07, 6.45) is 34.3. The Morgan fingerprint density at radius 2 is 0.580 bits per heavy atom. The zero-order chi connectivity index (χ0) is 36.4. The number of hydrogen-bond acceptors (Lipinski definition) is 2. The second-order valence-corrected chi connectivity index (χ2v) is 16.2. The number of aryl methyl sites for hydroxylation is 4. The zero-order valence-electron chi connectivity index (χ0n) is 34.2. The highest BCUT2D eigenvalue weighted by atomic mass is 16.3. The molecule has 0 aromatic heterocycles. The second kappa shape index (κ2) is 27.7. The average Bonchev–Trinajstić information content (AvgIpc) is 3.10. The van der Waals surface area contributed by atoms with Crippen molar-refractivity contribution in [1.82, 2.24) is 0 Å². The van der Waals surface area contributed by atoms with Crippen molar-refractivity contribution >= 4 is 0 Å². The average molecular weight is 691 g/mol. The molecule has 0 spiro atoms. The molecule has 0 heterocycles. The largest absolute Gasteiger partial charge is 0.507 e.